The molecule has 0 radical (unpaired) electrons. The number of hydrogen-bond acceptors (Lipinski definition) is 3. The lowest BCUT2D eigenvalue weighted by Gasteiger charge is -2.32. The summed E-state index contributed by atoms with van der Waals surface area (Å²) in [5, 5.41) is 3.34. The molecule has 2 aliphatic rings. The molecule has 0 spiro atoms. The van der Waals surface area contributed by atoms with Crippen molar-refractivity contribution in [1.82, 2.24) is 15.1 Å². The molecule has 0 amide bonds. The second-order valence-electron chi connectivity index (χ2n) is 5.45. The Morgan fingerprint density at radius 3 is 2.69 bits per heavy atom. The number of nitrogens with one attached hydrogen (secondary N) is 1. The predicted molar refractivity (Wildman–Crippen MR) is 68.8 cm³/mol. The van der Waals surface area contributed by atoms with Crippen LogP contribution in [0.15, 0.2) is 0 Å². The Kier molecular flexibility index (Phi) is 4.22. The normalized spacial score (nSPS) is 33.9. The van der Waals surface area contributed by atoms with Crippen LogP contribution < -0.4 is 5.32 Å². The molecule has 2 fully saturated rings. The maximum atomic E-state index is 3.34. The van der Waals surface area contributed by atoms with Gasteiger partial charge in [-0.05, 0) is 39.8 Å². The van der Waals surface area contributed by atoms with Crippen molar-refractivity contribution in [1.29, 1.82) is 0 Å². The number of likely N-dealkylation sites (N-methyl/N-ethyl adjacent to an activating group) is 2. The van der Waals surface area contributed by atoms with E-state index in [9.17, 15) is 0 Å². The average molecular weight is 225 g/mol. The minimum absolute atomic E-state index is 0.734. The van der Waals surface area contributed by atoms with E-state index in [0.29, 0.717) is 0 Å². The van der Waals surface area contributed by atoms with Gasteiger partial charge in [-0.2, -0.15) is 0 Å². The lowest BCUT2D eigenvalue weighted by molar-refractivity contribution is 0.166. The second kappa shape index (κ2) is 5.48. The number of likely N-dealkylation sites (tertiary alicyclic amines) is 1. The molecule has 2 saturated heterocycles. The minimum atomic E-state index is 0.734. The first-order chi connectivity index (χ1) is 7.76. The van der Waals surface area contributed by atoms with Crippen molar-refractivity contribution in [3.05, 3.63) is 0 Å². The first-order valence-electron chi connectivity index (χ1n) is 6.86. The largest absolute Gasteiger partial charge is 0.318 e. The van der Waals surface area contributed by atoms with Crippen LogP contribution in [0.2, 0.25) is 0 Å². The van der Waals surface area contributed by atoms with E-state index in [4.69, 9.17) is 0 Å². The average Bonchev–Trinajstić information content (AvgIpc) is 2.51. The molecule has 0 aromatic heterocycles. The van der Waals surface area contributed by atoms with Gasteiger partial charge in [0, 0.05) is 37.8 Å². The molecule has 2 heterocycles. The molecule has 3 atom stereocenters. The summed E-state index contributed by atoms with van der Waals surface area (Å²) in [7, 11) is 4.39. The van der Waals surface area contributed by atoms with Gasteiger partial charge >= 0.3 is 0 Å². The van der Waals surface area contributed by atoms with E-state index in [1.54, 1.807) is 0 Å². The van der Waals surface area contributed by atoms with Gasteiger partial charge in [0.25, 0.3) is 0 Å². The third kappa shape index (κ3) is 2.41. The van der Waals surface area contributed by atoms with Gasteiger partial charge in [0.1, 0.15) is 0 Å². The molecule has 1 N–H and O–H groups in total. The van der Waals surface area contributed by atoms with Crippen molar-refractivity contribution in [2.24, 2.45) is 0 Å². The first-order valence-corrected chi connectivity index (χ1v) is 6.86. The van der Waals surface area contributed by atoms with Crippen molar-refractivity contribution in [2.45, 2.75) is 50.7 Å². The molecule has 3 nitrogen and oxygen atoms in total. The van der Waals surface area contributed by atoms with Gasteiger partial charge in [-0.15, -0.1) is 0 Å². The molecule has 94 valence electrons. The van der Waals surface area contributed by atoms with Crippen molar-refractivity contribution < 1.29 is 0 Å². The number of hydrogen-bond donors (Lipinski definition) is 1. The third-order valence-corrected chi connectivity index (χ3v) is 4.61. The molecule has 16 heavy (non-hydrogen) atoms. The Labute approximate surface area is 100 Å². The molecule has 0 aromatic carbocycles. The SMILES string of the molecule is CCC(CNC)N1CCC2CCC(C1)N2C. The molecule has 0 aliphatic carbocycles. The fraction of sp³-hybridized carbons (Fsp3) is 1.00. The van der Waals surface area contributed by atoms with Crippen molar-refractivity contribution in [3.8, 4) is 0 Å². The Balaban J connectivity index is 1.96. The Hall–Kier alpha value is -0.120. The standard InChI is InChI=1S/C13H27N3/c1-4-11(9-14-2)16-8-7-12-5-6-13(10-16)15(12)3/h11-14H,4-10H2,1-3H3. The summed E-state index contributed by atoms with van der Waals surface area (Å²) in [4.78, 5) is 5.35. The van der Waals surface area contributed by atoms with Crippen molar-refractivity contribution in [3.63, 3.8) is 0 Å². The summed E-state index contributed by atoms with van der Waals surface area (Å²) in [6.07, 6.45) is 5.47. The zero-order chi connectivity index (χ0) is 11.5. The van der Waals surface area contributed by atoms with Crippen LogP contribution in [0, 0.1) is 0 Å². The van der Waals surface area contributed by atoms with Crippen LogP contribution in [0.3, 0.4) is 0 Å². The summed E-state index contributed by atoms with van der Waals surface area (Å²) >= 11 is 0. The topological polar surface area (TPSA) is 18.5 Å². The Bertz CT molecular complexity index is 219. The zero-order valence-corrected chi connectivity index (χ0v) is 11.1. The van der Waals surface area contributed by atoms with Gasteiger partial charge < -0.3 is 5.32 Å². The second-order valence-corrected chi connectivity index (χ2v) is 5.45. The highest BCUT2D eigenvalue weighted by atomic mass is 15.3. The van der Waals surface area contributed by atoms with E-state index in [1.165, 1.54) is 38.8 Å². The van der Waals surface area contributed by atoms with Gasteiger partial charge in [0.15, 0.2) is 0 Å². The highest BCUT2D eigenvalue weighted by molar-refractivity contribution is 4.92. The number of fused-ring (bicyclic) bond motifs is 2. The summed E-state index contributed by atoms with van der Waals surface area (Å²) in [5.74, 6) is 0. The van der Waals surface area contributed by atoms with Crippen molar-refractivity contribution in [2.75, 3.05) is 33.7 Å². The van der Waals surface area contributed by atoms with Crippen LogP contribution in [0.4, 0.5) is 0 Å². The summed E-state index contributed by atoms with van der Waals surface area (Å²) in [6, 6.07) is 2.42. The highest BCUT2D eigenvalue weighted by Gasteiger charge is 2.35. The molecule has 3 unspecified atom stereocenters. The number of rotatable bonds is 4. The van der Waals surface area contributed by atoms with E-state index >= 15 is 0 Å². The fourth-order valence-electron chi connectivity index (χ4n) is 3.43. The van der Waals surface area contributed by atoms with Gasteiger partial charge in [-0.3, -0.25) is 9.80 Å². The van der Waals surface area contributed by atoms with Crippen LogP contribution in [0.25, 0.3) is 0 Å². The van der Waals surface area contributed by atoms with Gasteiger partial charge in [-0.1, -0.05) is 6.92 Å². The molecule has 2 bridgehead atoms. The lowest BCUT2D eigenvalue weighted by atomic mass is 10.1. The fourth-order valence-corrected chi connectivity index (χ4v) is 3.43. The van der Waals surface area contributed by atoms with Gasteiger partial charge in [0.2, 0.25) is 0 Å². The van der Waals surface area contributed by atoms with Crippen LogP contribution >= 0.6 is 0 Å². The van der Waals surface area contributed by atoms with Gasteiger partial charge in [0.05, 0.1) is 0 Å². The Morgan fingerprint density at radius 1 is 1.25 bits per heavy atom. The first kappa shape index (κ1) is 12.3. The molecule has 3 heteroatoms. The van der Waals surface area contributed by atoms with Crippen LogP contribution in [0.1, 0.15) is 32.6 Å². The van der Waals surface area contributed by atoms with Gasteiger partial charge in [-0.25, -0.2) is 0 Å². The number of nitrogens with zero attached hydrogens (tertiary/aromatic N) is 2. The molecule has 0 saturated carbocycles. The maximum absolute atomic E-state index is 3.34. The lowest BCUT2D eigenvalue weighted by Crippen LogP contribution is -2.45. The zero-order valence-electron chi connectivity index (χ0n) is 11.1. The Morgan fingerprint density at radius 2 is 2.00 bits per heavy atom. The van der Waals surface area contributed by atoms with Crippen LogP contribution in [-0.2, 0) is 0 Å². The van der Waals surface area contributed by atoms with Crippen molar-refractivity contribution >= 4 is 0 Å². The molecule has 0 aromatic rings. The minimum Gasteiger partial charge on any atom is -0.318 e. The highest BCUT2D eigenvalue weighted by Crippen LogP contribution is 2.29. The molecule has 2 rings (SSSR count). The quantitative estimate of drug-likeness (QED) is 0.774. The molecular weight excluding hydrogens is 198 g/mol. The summed E-state index contributed by atoms with van der Waals surface area (Å²) < 4.78 is 0. The van der Waals surface area contributed by atoms with E-state index in [-0.39, 0.29) is 0 Å². The van der Waals surface area contributed by atoms with Crippen LogP contribution in [-0.4, -0.2) is 61.7 Å². The third-order valence-electron chi connectivity index (χ3n) is 4.61. The van der Waals surface area contributed by atoms with Crippen LogP contribution in [0.5, 0.6) is 0 Å². The van der Waals surface area contributed by atoms with E-state index in [2.05, 4.69) is 36.1 Å². The molecule has 2 aliphatic heterocycles. The summed E-state index contributed by atoms with van der Waals surface area (Å²) in [5.41, 5.74) is 0. The summed E-state index contributed by atoms with van der Waals surface area (Å²) in [6.45, 7) is 6.03. The monoisotopic (exact) mass is 225 g/mol. The van der Waals surface area contributed by atoms with E-state index in [1.807, 2.05) is 0 Å². The van der Waals surface area contributed by atoms with E-state index < -0.39 is 0 Å². The van der Waals surface area contributed by atoms with E-state index in [0.717, 1.165) is 24.7 Å². The molecular formula is C13H27N3. The maximum Gasteiger partial charge on any atom is 0.0223 e. The predicted octanol–water partition coefficient (Wildman–Crippen LogP) is 1.15. The smallest absolute Gasteiger partial charge is 0.0223 e.